The molecular formula is C14H12FN5O. The van der Waals surface area contributed by atoms with Crippen LogP contribution in [0.4, 0.5) is 15.9 Å². The normalized spacial score (nSPS) is 10.4. The number of imidazole rings is 1. The highest BCUT2D eigenvalue weighted by atomic mass is 19.1. The number of aromatic nitrogens is 4. The molecule has 2 heterocycles. The van der Waals surface area contributed by atoms with Crippen molar-refractivity contribution in [1.29, 1.82) is 0 Å². The largest absolute Gasteiger partial charge is 0.494 e. The fourth-order valence-electron chi connectivity index (χ4n) is 1.84. The average molecular weight is 285 g/mol. The van der Waals surface area contributed by atoms with E-state index in [0.29, 0.717) is 17.3 Å². The van der Waals surface area contributed by atoms with Crippen molar-refractivity contribution in [3.8, 4) is 11.6 Å². The lowest BCUT2D eigenvalue weighted by molar-refractivity contribution is 0.387. The maximum absolute atomic E-state index is 13.4. The molecule has 0 aliphatic carbocycles. The summed E-state index contributed by atoms with van der Waals surface area (Å²) in [5.74, 6) is 1.02. The van der Waals surface area contributed by atoms with Gasteiger partial charge >= 0.3 is 0 Å². The summed E-state index contributed by atoms with van der Waals surface area (Å²) in [5.41, 5.74) is 0.670. The van der Waals surface area contributed by atoms with Crippen LogP contribution < -0.4 is 10.1 Å². The van der Waals surface area contributed by atoms with Gasteiger partial charge in [0.2, 0.25) is 0 Å². The van der Waals surface area contributed by atoms with Crippen LogP contribution in [0.15, 0.2) is 49.3 Å². The van der Waals surface area contributed by atoms with Crippen LogP contribution in [-0.4, -0.2) is 26.6 Å². The molecule has 0 saturated heterocycles. The molecule has 7 heteroatoms. The summed E-state index contributed by atoms with van der Waals surface area (Å²) in [6, 6.07) is 6.27. The lowest BCUT2D eigenvalue weighted by atomic mass is 10.3. The predicted octanol–water partition coefficient (Wildman–Crippen LogP) is 2.55. The summed E-state index contributed by atoms with van der Waals surface area (Å²) in [5, 5.41) is 3.08. The third kappa shape index (κ3) is 2.81. The monoisotopic (exact) mass is 285 g/mol. The van der Waals surface area contributed by atoms with Crippen LogP contribution in [0.1, 0.15) is 0 Å². The average Bonchev–Trinajstić information content (AvgIpc) is 3.04. The molecule has 1 N–H and O–H groups in total. The van der Waals surface area contributed by atoms with Gasteiger partial charge in [0.1, 0.15) is 24.3 Å². The van der Waals surface area contributed by atoms with Gasteiger partial charge in [-0.15, -0.1) is 0 Å². The fraction of sp³-hybridized carbons (Fsp3) is 0.0714. The summed E-state index contributed by atoms with van der Waals surface area (Å²) in [6.07, 6.45) is 6.54. The van der Waals surface area contributed by atoms with Gasteiger partial charge in [-0.1, -0.05) is 0 Å². The van der Waals surface area contributed by atoms with E-state index in [9.17, 15) is 4.39 Å². The SMILES string of the molecule is COc1cc(Nc2cc(-n3ccnc3)ncn2)ccc1F. The van der Waals surface area contributed by atoms with Gasteiger partial charge < -0.3 is 10.1 Å². The zero-order chi connectivity index (χ0) is 14.7. The highest BCUT2D eigenvalue weighted by Gasteiger charge is 2.05. The lowest BCUT2D eigenvalue weighted by Gasteiger charge is -2.09. The van der Waals surface area contributed by atoms with Crippen LogP contribution in [0.25, 0.3) is 5.82 Å². The molecule has 1 aromatic carbocycles. The first-order valence-electron chi connectivity index (χ1n) is 6.17. The molecule has 21 heavy (non-hydrogen) atoms. The van der Waals surface area contributed by atoms with E-state index >= 15 is 0 Å². The summed E-state index contributed by atoms with van der Waals surface area (Å²) in [7, 11) is 1.42. The fourth-order valence-corrected chi connectivity index (χ4v) is 1.84. The van der Waals surface area contributed by atoms with E-state index in [-0.39, 0.29) is 5.75 Å². The topological polar surface area (TPSA) is 64.9 Å². The maximum Gasteiger partial charge on any atom is 0.165 e. The molecule has 0 amide bonds. The quantitative estimate of drug-likeness (QED) is 0.798. The molecule has 0 radical (unpaired) electrons. The van der Waals surface area contributed by atoms with Crippen molar-refractivity contribution in [2.75, 3.05) is 12.4 Å². The third-order valence-corrected chi connectivity index (χ3v) is 2.85. The lowest BCUT2D eigenvalue weighted by Crippen LogP contribution is -2.00. The Bertz CT molecular complexity index is 745. The van der Waals surface area contributed by atoms with Crippen molar-refractivity contribution >= 4 is 11.5 Å². The van der Waals surface area contributed by atoms with Crippen molar-refractivity contribution in [3.63, 3.8) is 0 Å². The van der Waals surface area contributed by atoms with E-state index in [1.54, 1.807) is 41.5 Å². The first-order chi connectivity index (χ1) is 10.3. The number of methoxy groups -OCH3 is 1. The highest BCUT2D eigenvalue weighted by Crippen LogP contribution is 2.23. The zero-order valence-electron chi connectivity index (χ0n) is 11.2. The predicted molar refractivity (Wildman–Crippen MR) is 75.4 cm³/mol. The van der Waals surface area contributed by atoms with Crippen molar-refractivity contribution in [1.82, 2.24) is 19.5 Å². The van der Waals surface area contributed by atoms with Crippen LogP contribution in [0, 0.1) is 5.82 Å². The second kappa shape index (κ2) is 5.58. The van der Waals surface area contributed by atoms with Crippen LogP contribution in [0.3, 0.4) is 0 Å². The molecule has 0 saturated carbocycles. The van der Waals surface area contributed by atoms with Crippen molar-refractivity contribution in [3.05, 3.63) is 55.1 Å². The van der Waals surface area contributed by atoms with E-state index in [4.69, 9.17) is 4.74 Å². The number of benzene rings is 1. The number of nitrogens with zero attached hydrogens (tertiary/aromatic N) is 4. The molecule has 0 aliphatic heterocycles. The van der Waals surface area contributed by atoms with Gasteiger partial charge in [-0.05, 0) is 12.1 Å². The molecule has 106 valence electrons. The minimum atomic E-state index is -0.412. The Balaban J connectivity index is 1.87. The Morgan fingerprint density at radius 2 is 2.14 bits per heavy atom. The van der Waals surface area contributed by atoms with E-state index in [0.717, 1.165) is 0 Å². The zero-order valence-corrected chi connectivity index (χ0v) is 11.2. The number of nitrogens with one attached hydrogen (secondary N) is 1. The molecule has 3 rings (SSSR count). The van der Waals surface area contributed by atoms with Gasteiger partial charge in [0.25, 0.3) is 0 Å². The minimum absolute atomic E-state index is 0.170. The number of rotatable bonds is 4. The van der Waals surface area contributed by atoms with Gasteiger partial charge in [0.15, 0.2) is 11.6 Å². The van der Waals surface area contributed by atoms with Crippen LogP contribution in [0.2, 0.25) is 0 Å². The molecule has 0 spiro atoms. The minimum Gasteiger partial charge on any atom is -0.494 e. The Labute approximate surface area is 120 Å². The summed E-state index contributed by atoms with van der Waals surface area (Å²) < 4.78 is 20.1. The van der Waals surface area contributed by atoms with E-state index in [2.05, 4.69) is 20.3 Å². The Morgan fingerprint density at radius 3 is 2.90 bits per heavy atom. The molecule has 3 aromatic rings. The number of halogens is 1. The van der Waals surface area contributed by atoms with Crippen LogP contribution in [-0.2, 0) is 0 Å². The van der Waals surface area contributed by atoms with E-state index in [1.807, 2.05) is 0 Å². The van der Waals surface area contributed by atoms with Crippen molar-refractivity contribution in [2.45, 2.75) is 0 Å². The van der Waals surface area contributed by atoms with Crippen LogP contribution >= 0.6 is 0 Å². The second-order valence-corrected chi connectivity index (χ2v) is 4.21. The number of anilines is 2. The smallest absolute Gasteiger partial charge is 0.165 e. The molecular weight excluding hydrogens is 273 g/mol. The molecule has 0 fully saturated rings. The number of hydrogen-bond acceptors (Lipinski definition) is 5. The standard InChI is InChI=1S/C14H12FN5O/c1-21-12-6-10(2-3-11(12)15)19-13-7-14(18-8-17-13)20-5-4-16-9-20/h2-9H,1H3,(H,17,18,19). The second-order valence-electron chi connectivity index (χ2n) is 4.21. The Hall–Kier alpha value is -2.96. The van der Waals surface area contributed by atoms with Gasteiger partial charge in [-0.3, -0.25) is 4.57 Å². The van der Waals surface area contributed by atoms with Gasteiger partial charge in [-0.25, -0.2) is 19.3 Å². The molecule has 2 aromatic heterocycles. The van der Waals surface area contributed by atoms with E-state index in [1.165, 1.54) is 19.5 Å². The number of hydrogen-bond donors (Lipinski definition) is 1. The third-order valence-electron chi connectivity index (χ3n) is 2.85. The molecule has 6 nitrogen and oxygen atoms in total. The van der Waals surface area contributed by atoms with Gasteiger partial charge in [0, 0.05) is 30.2 Å². The number of ether oxygens (including phenoxy) is 1. The first-order valence-corrected chi connectivity index (χ1v) is 6.17. The first kappa shape index (κ1) is 13.0. The molecule has 0 aliphatic rings. The molecule has 0 bridgehead atoms. The highest BCUT2D eigenvalue weighted by molar-refractivity contribution is 5.59. The summed E-state index contributed by atoms with van der Waals surface area (Å²) >= 11 is 0. The Kier molecular flexibility index (Phi) is 3.46. The van der Waals surface area contributed by atoms with E-state index < -0.39 is 5.82 Å². The van der Waals surface area contributed by atoms with Crippen molar-refractivity contribution in [2.24, 2.45) is 0 Å². The maximum atomic E-state index is 13.4. The summed E-state index contributed by atoms with van der Waals surface area (Å²) in [4.78, 5) is 12.3. The summed E-state index contributed by atoms with van der Waals surface area (Å²) in [6.45, 7) is 0. The Morgan fingerprint density at radius 1 is 1.24 bits per heavy atom. The molecule has 0 atom stereocenters. The van der Waals surface area contributed by atoms with Gasteiger partial charge in [-0.2, -0.15) is 0 Å². The molecule has 0 unspecified atom stereocenters. The van der Waals surface area contributed by atoms with Gasteiger partial charge in [0.05, 0.1) is 7.11 Å². The van der Waals surface area contributed by atoms with Crippen LogP contribution in [0.5, 0.6) is 5.75 Å². The van der Waals surface area contributed by atoms with Crippen molar-refractivity contribution < 1.29 is 9.13 Å².